The standard InChI is InChI=1S/C16H20ClNS.C16H21NOS/c1-16(2,3)12-4-5-14-10(7-12)6-11-8-13(9-17)19-15(11)18-14;1-16(2,3)12-4-5-14-10(7-12)6-11-8-13(9-18)19-15(11)17-14/h6,8,12H,4-5,7,9H2,1-3H3;6,8,12,18H,4-5,7,9H2,1-3H3. The molecule has 0 aromatic carbocycles. The summed E-state index contributed by atoms with van der Waals surface area (Å²) in [7, 11) is 0. The number of nitrogens with zero attached hydrogens (tertiary/aromatic N) is 2. The molecule has 4 aromatic rings. The topological polar surface area (TPSA) is 46.0 Å². The van der Waals surface area contributed by atoms with Gasteiger partial charge in [0.05, 0.1) is 12.5 Å². The van der Waals surface area contributed by atoms with Crippen LogP contribution in [0.25, 0.3) is 20.4 Å². The number of aliphatic hydroxyl groups excluding tert-OH is 1. The molecule has 3 nitrogen and oxygen atoms in total. The maximum absolute atomic E-state index is 9.24. The number of fused-ring (bicyclic) bond motifs is 4. The lowest BCUT2D eigenvalue weighted by Crippen LogP contribution is -2.27. The van der Waals surface area contributed by atoms with Gasteiger partial charge in [0.25, 0.3) is 0 Å². The minimum absolute atomic E-state index is 0.121. The summed E-state index contributed by atoms with van der Waals surface area (Å²) in [4.78, 5) is 14.1. The number of pyridine rings is 2. The number of halogens is 1. The molecular weight excluding hydrogens is 528 g/mol. The zero-order valence-electron chi connectivity index (χ0n) is 23.7. The summed E-state index contributed by atoms with van der Waals surface area (Å²) in [5.41, 5.74) is 6.23. The molecular formula is C32H41ClN2OS2. The van der Waals surface area contributed by atoms with Crippen LogP contribution in [0, 0.1) is 22.7 Å². The minimum atomic E-state index is 0.121. The van der Waals surface area contributed by atoms with Crippen molar-refractivity contribution in [1.82, 2.24) is 9.97 Å². The number of rotatable bonds is 2. The molecule has 1 N–H and O–H groups in total. The Bertz CT molecular complexity index is 1330. The van der Waals surface area contributed by atoms with E-state index in [1.165, 1.54) is 57.4 Å². The van der Waals surface area contributed by atoms with Gasteiger partial charge in [0.2, 0.25) is 0 Å². The highest BCUT2D eigenvalue weighted by Gasteiger charge is 2.30. The Labute approximate surface area is 240 Å². The van der Waals surface area contributed by atoms with Crippen LogP contribution in [-0.2, 0) is 38.2 Å². The van der Waals surface area contributed by atoms with E-state index in [0.717, 1.165) is 45.6 Å². The van der Waals surface area contributed by atoms with E-state index in [1.807, 2.05) is 0 Å². The van der Waals surface area contributed by atoms with E-state index in [4.69, 9.17) is 21.6 Å². The highest BCUT2D eigenvalue weighted by Crippen LogP contribution is 2.40. The maximum atomic E-state index is 9.24. The molecule has 6 rings (SSSR count). The second-order valence-corrected chi connectivity index (χ2v) is 15.8. The van der Waals surface area contributed by atoms with Gasteiger partial charge in [-0.15, -0.1) is 34.3 Å². The molecule has 0 aliphatic heterocycles. The molecule has 0 saturated carbocycles. The molecule has 0 amide bonds. The van der Waals surface area contributed by atoms with Crippen LogP contribution in [0.2, 0.25) is 0 Å². The molecule has 38 heavy (non-hydrogen) atoms. The van der Waals surface area contributed by atoms with Crippen molar-refractivity contribution in [2.45, 2.75) is 92.6 Å². The normalized spacial score (nSPS) is 19.7. The van der Waals surface area contributed by atoms with Crippen molar-refractivity contribution in [2.75, 3.05) is 0 Å². The predicted octanol–water partition coefficient (Wildman–Crippen LogP) is 9.13. The van der Waals surface area contributed by atoms with E-state index < -0.39 is 0 Å². The third kappa shape index (κ3) is 5.96. The Morgan fingerprint density at radius 2 is 1.21 bits per heavy atom. The summed E-state index contributed by atoms with van der Waals surface area (Å²) in [6, 6.07) is 8.92. The molecule has 4 heterocycles. The average Bonchev–Trinajstić information content (AvgIpc) is 3.46. The van der Waals surface area contributed by atoms with Gasteiger partial charge in [0.1, 0.15) is 9.66 Å². The summed E-state index contributed by atoms with van der Waals surface area (Å²) in [6.45, 7) is 14.2. The Morgan fingerprint density at radius 3 is 1.63 bits per heavy atom. The first-order chi connectivity index (χ1) is 17.9. The fraction of sp³-hybridized carbons (Fsp3) is 0.562. The van der Waals surface area contributed by atoms with Crippen LogP contribution < -0.4 is 0 Å². The minimum Gasteiger partial charge on any atom is -0.391 e. The van der Waals surface area contributed by atoms with Gasteiger partial charge in [-0.25, -0.2) is 9.97 Å². The van der Waals surface area contributed by atoms with Crippen molar-refractivity contribution >= 4 is 54.7 Å². The maximum Gasteiger partial charge on any atom is 0.123 e. The van der Waals surface area contributed by atoms with Crippen molar-refractivity contribution in [2.24, 2.45) is 22.7 Å². The van der Waals surface area contributed by atoms with Gasteiger partial charge in [-0.05, 0) is 96.6 Å². The second-order valence-electron chi connectivity index (χ2n) is 13.3. The zero-order valence-corrected chi connectivity index (χ0v) is 26.0. The monoisotopic (exact) mass is 568 g/mol. The summed E-state index contributed by atoms with van der Waals surface area (Å²) >= 11 is 9.27. The lowest BCUT2D eigenvalue weighted by molar-refractivity contribution is 0.215. The molecule has 0 bridgehead atoms. The fourth-order valence-electron chi connectivity index (χ4n) is 5.97. The third-order valence-electron chi connectivity index (χ3n) is 8.59. The van der Waals surface area contributed by atoms with Crippen LogP contribution in [0.1, 0.15) is 86.7 Å². The lowest BCUT2D eigenvalue weighted by atomic mass is 9.71. The van der Waals surface area contributed by atoms with Gasteiger partial charge in [-0.1, -0.05) is 41.5 Å². The average molecular weight is 569 g/mol. The molecule has 6 heteroatoms. The Kier molecular flexibility index (Phi) is 7.96. The molecule has 2 aliphatic carbocycles. The Hall–Kier alpha value is -1.53. The predicted molar refractivity (Wildman–Crippen MR) is 165 cm³/mol. The van der Waals surface area contributed by atoms with E-state index in [2.05, 4.69) is 65.8 Å². The van der Waals surface area contributed by atoms with E-state index in [-0.39, 0.29) is 6.61 Å². The third-order valence-corrected chi connectivity index (χ3v) is 11.1. The lowest BCUT2D eigenvalue weighted by Gasteiger charge is -2.34. The second kappa shape index (κ2) is 10.8. The first-order valence-electron chi connectivity index (χ1n) is 13.9. The van der Waals surface area contributed by atoms with Crippen molar-refractivity contribution < 1.29 is 5.11 Å². The van der Waals surface area contributed by atoms with Gasteiger partial charge in [0.15, 0.2) is 0 Å². The molecule has 2 aliphatic rings. The first-order valence-corrected chi connectivity index (χ1v) is 16.1. The number of hydrogen-bond acceptors (Lipinski definition) is 5. The molecule has 4 aromatic heterocycles. The van der Waals surface area contributed by atoms with E-state index in [0.29, 0.717) is 16.7 Å². The summed E-state index contributed by atoms with van der Waals surface area (Å²) < 4.78 is 0. The Balaban J connectivity index is 0.000000155. The SMILES string of the molecule is CC(C)(C)C1CCc2nc3sc(CCl)cc3cc2C1.CC(C)(C)C1CCc2nc3sc(CO)cc3cc2C1. The van der Waals surface area contributed by atoms with E-state index >= 15 is 0 Å². The number of hydrogen-bond donors (Lipinski definition) is 1. The van der Waals surface area contributed by atoms with Crippen LogP contribution in [0.3, 0.4) is 0 Å². The molecule has 0 spiro atoms. The highest BCUT2D eigenvalue weighted by molar-refractivity contribution is 7.19. The molecule has 0 saturated heterocycles. The summed E-state index contributed by atoms with van der Waals surface area (Å²) in [6.07, 6.45) is 7.05. The number of aromatic nitrogens is 2. The highest BCUT2D eigenvalue weighted by atomic mass is 35.5. The first kappa shape index (κ1) is 28.0. The zero-order chi connectivity index (χ0) is 27.2. The van der Waals surface area contributed by atoms with Crippen molar-refractivity contribution in [3.63, 3.8) is 0 Å². The van der Waals surface area contributed by atoms with Crippen molar-refractivity contribution in [3.8, 4) is 0 Å². The van der Waals surface area contributed by atoms with E-state index in [9.17, 15) is 5.11 Å². The van der Waals surface area contributed by atoms with Gasteiger partial charge in [0, 0.05) is 31.9 Å². The summed E-state index contributed by atoms with van der Waals surface area (Å²) in [5.74, 6) is 2.11. The molecule has 2 unspecified atom stereocenters. The van der Waals surface area contributed by atoms with Crippen LogP contribution in [0.5, 0.6) is 0 Å². The number of aliphatic hydroxyl groups is 1. The quantitative estimate of drug-likeness (QED) is 0.245. The number of alkyl halides is 1. The molecule has 0 fully saturated rings. The number of thiophene rings is 2. The van der Waals surface area contributed by atoms with Gasteiger partial charge in [-0.2, -0.15) is 0 Å². The molecule has 0 radical (unpaired) electrons. The molecule has 2 atom stereocenters. The van der Waals surface area contributed by atoms with Crippen LogP contribution in [0.15, 0.2) is 24.3 Å². The van der Waals surface area contributed by atoms with Gasteiger partial charge < -0.3 is 5.11 Å². The van der Waals surface area contributed by atoms with Crippen molar-refractivity contribution in [1.29, 1.82) is 0 Å². The summed E-state index contributed by atoms with van der Waals surface area (Å²) in [5, 5.41) is 11.7. The van der Waals surface area contributed by atoms with Gasteiger partial charge >= 0.3 is 0 Å². The number of aryl methyl sites for hydroxylation is 2. The fourth-order valence-corrected chi connectivity index (χ4v) is 7.98. The van der Waals surface area contributed by atoms with Gasteiger partial charge in [-0.3, -0.25) is 0 Å². The van der Waals surface area contributed by atoms with Crippen LogP contribution in [0.4, 0.5) is 0 Å². The van der Waals surface area contributed by atoms with Crippen LogP contribution >= 0.6 is 34.3 Å². The van der Waals surface area contributed by atoms with E-state index in [1.54, 1.807) is 22.7 Å². The Morgan fingerprint density at radius 1 is 0.763 bits per heavy atom. The molecule has 204 valence electrons. The largest absolute Gasteiger partial charge is 0.391 e. The van der Waals surface area contributed by atoms with Crippen LogP contribution in [-0.4, -0.2) is 15.1 Å². The van der Waals surface area contributed by atoms with Crippen molar-refractivity contribution in [3.05, 3.63) is 56.5 Å². The smallest absolute Gasteiger partial charge is 0.123 e.